The zero-order chi connectivity index (χ0) is 28.3. The number of carbonyl (C=O) groups is 1. The van der Waals surface area contributed by atoms with Gasteiger partial charge in [0.15, 0.2) is 11.5 Å². The first-order chi connectivity index (χ1) is 18.8. The third-order valence-corrected chi connectivity index (χ3v) is 8.18. The third kappa shape index (κ3) is 9.10. The Hall–Kier alpha value is -2.32. The Bertz CT molecular complexity index is 1010. The number of amides is 1. The van der Waals surface area contributed by atoms with Gasteiger partial charge in [-0.05, 0) is 60.8 Å². The number of aliphatic hydroxyl groups is 1. The zero-order valence-corrected chi connectivity index (χ0v) is 25.4. The highest BCUT2D eigenvalue weighted by Crippen LogP contribution is 2.41. The Kier molecular flexibility index (Phi) is 14.3. The topological polar surface area (TPSA) is 103 Å². The van der Waals surface area contributed by atoms with Crippen molar-refractivity contribution in [1.29, 1.82) is 0 Å². The molecule has 8 heteroatoms. The lowest BCUT2D eigenvalue weighted by Gasteiger charge is -2.30. The number of hydrogen-bond acceptors (Lipinski definition) is 6. The Balaban J connectivity index is 0.00000560. The summed E-state index contributed by atoms with van der Waals surface area (Å²) in [6, 6.07) is 15.6. The molecule has 2 aromatic rings. The van der Waals surface area contributed by atoms with Gasteiger partial charge in [-0.25, -0.2) is 0 Å². The Morgan fingerprint density at radius 2 is 1.75 bits per heavy atom. The molecular formula is C32H49ClN2O5. The van der Waals surface area contributed by atoms with Crippen LogP contribution in [0.25, 0.3) is 0 Å². The van der Waals surface area contributed by atoms with E-state index in [1.807, 2.05) is 42.5 Å². The molecule has 4 N–H and O–H groups in total. The summed E-state index contributed by atoms with van der Waals surface area (Å²) < 4.78 is 16.5. The van der Waals surface area contributed by atoms with Crippen LogP contribution < -0.4 is 20.5 Å². The predicted octanol–water partition coefficient (Wildman–Crippen LogP) is 5.05. The minimum absolute atomic E-state index is 0. The van der Waals surface area contributed by atoms with Gasteiger partial charge in [0.05, 0.1) is 25.2 Å². The zero-order valence-electron chi connectivity index (χ0n) is 24.6. The summed E-state index contributed by atoms with van der Waals surface area (Å²) in [5.74, 6) is 2.04. The second-order valence-electron chi connectivity index (χ2n) is 11.2. The molecule has 1 aliphatic rings. The highest BCUT2D eigenvalue weighted by molar-refractivity contribution is 5.88. The van der Waals surface area contributed by atoms with E-state index in [0.29, 0.717) is 31.3 Å². The number of carbonyl (C=O) groups excluding carboxylic acids is 1. The van der Waals surface area contributed by atoms with Crippen molar-refractivity contribution in [2.24, 2.45) is 17.6 Å². The molecule has 0 unspecified atom stereocenters. The molecule has 0 aliphatic heterocycles. The molecule has 3 atom stereocenters. The minimum Gasteiger partial charge on any atom is -0.493 e. The number of rotatable bonds is 16. The van der Waals surface area contributed by atoms with Crippen LogP contribution in [0, 0.1) is 11.8 Å². The molecule has 0 radical (unpaired) electrons. The van der Waals surface area contributed by atoms with Gasteiger partial charge in [-0.2, -0.15) is 0 Å². The van der Waals surface area contributed by atoms with Crippen LogP contribution in [0.4, 0.5) is 0 Å². The van der Waals surface area contributed by atoms with Crippen LogP contribution in [-0.4, -0.2) is 57.1 Å². The number of ether oxygens (including phenoxy) is 3. The van der Waals surface area contributed by atoms with E-state index in [9.17, 15) is 9.90 Å². The fourth-order valence-corrected chi connectivity index (χ4v) is 5.65. The summed E-state index contributed by atoms with van der Waals surface area (Å²) in [5.41, 5.74) is 8.19. The normalized spacial score (nSPS) is 16.6. The lowest BCUT2D eigenvalue weighted by atomic mass is 9.78. The van der Waals surface area contributed by atoms with Gasteiger partial charge in [0.25, 0.3) is 0 Å². The smallest absolute Gasteiger partial charge is 0.230 e. The second kappa shape index (κ2) is 16.8. The molecule has 1 amide bonds. The van der Waals surface area contributed by atoms with Crippen molar-refractivity contribution in [3.05, 3.63) is 59.7 Å². The van der Waals surface area contributed by atoms with Crippen molar-refractivity contribution < 1.29 is 24.1 Å². The van der Waals surface area contributed by atoms with Crippen molar-refractivity contribution in [3.8, 4) is 11.5 Å². The molecule has 1 fully saturated rings. The summed E-state index contributed by atoms with van der Waals surface area (Å²) in [4.78, 5) is 13.4. The first-order valence-electron chi connectivity index (χ1n) is 14.4. The largest absolute Gasteiger partial charge is 0.493 e. The van der Waals surface area contributed by atoms with Crippen LogP contribution in [0.15, 0.2) is 48.5 Å². The van der Waals surface area contributed by atoms with Gasteiger partial charge in [0.1, 0.15) is 0 Å². The lowest BCUT2D eigenvalue weighted by molar-refractivity contribution is -0.127. The van der Waals surface area contributed by atoms with Crippen LogP contribution >= 0.6 is 12.4 Å². The van der Waals surface area contributed by atoms with Crippen LogP contribution in [0.2, 0.25) is 0 Å². The fourth-order valence-electron chi connectivity index (χ4n) is 5.65. The van der Waals surface area contributed by atoms with Crippen LogP contribution in [0.3, 0.4) is 0 Å². The number of nitrogens with two attached hydrogens (primary N) is 1. The SMILES string of the molecule is COCCCOc1cc(C[C@@H](C[C@H](N)[C@@H](O)CNC(=O)C2(c3ccccc3)CCCC2)C(C)C)ccc1OC.Cl. The summed E-state index contributed by atoms with van der Waals surface area (Å²) in [7, 11) is 3.32. The molecule has 1 aliphatic carbocycles. The highest BCUT2D eigenvalue weighted by atomic mass is 35.5. The first-order valence-corrected chi connectivity index (χ1v) is 14.4. The van der Waals surface area contributed by atoms with E-state index in [4.69, 9.17) is 19.9 Å². The predicted molar refractivity (Wildman–Crippen MR) is 162 cm³/mol. The highest BCUT2D eigenvalue weighted by Gasteiger charge is 2.42. The Morgan fingerprint density at radius 3 is 2.38 bits per heavy atom. The summed E-state index contributed by atoms with van der Waals surface area (Å²) in [5, 5.41) is 14.0. The number of aliphatic hydroxyl groups excluding tert-OH is 1. The molecule has 0 spiro atoms. The average molecular weight is 577 g/mol. The van der Waals surface area contributed by atoms with Crippen molar-refractivity contribution in [3.63, 3.8) is 0 Å². The van der Waals surface area contributed by atoms with E-state index in [2.05, 4.69) is 25.2 Å². The maximum atomic E-state index is 13.4. The van der Waals surface area contributed by atoms with Crippen molar-refractivity contribution in [1.82, 2.24) is 5.32 Å². The quantitative estimate of drug-likeness (QED) is 0.242. The molecule has 40 heavy (non-hydrogen) atoms. The minimum atomic E-state index is -0.819. The molecule has 0 heterocycles. The van der Waals surface area contributed by atoms with E-state index in [-0.39, 0.29) is 30.8 Å². The summed E-state index contributed by atoms with van der Waals surface area (Å²) in [6.07, 6.45) is 5.17. The van der Waals surface area contributed by atoms with Gasteiger partial charge >= 0.3 is 0 Å². The second-order valence-corrected chi connectivity index (χ2v) is 11.2. The first kappa shape index (κ1) is 33.9. The fraction of sp³-hybridized carbons (Fsp3) is 0.594. The van der Waals surface area contributed by atoms with Gasteiger partial charge in [-0.1, -0.05) is 63.1 Å². The van der Waals surface area contributed by atoms with Gasteiger partial charge in [0, 0.05) is 32.7 Å². The number of benzene rings is 2. The van der Waals surface area contributed by atoms with E-state index in [1.165, 1.54) is 0 Å². The van der Waals surface area contributed by atoms with E-state index >= 15 is 0 Å². The lowest BCUT2D eigenvalue weighted by Crippen LogP contribution is -2.49. The van der Waals surface area contributed by atoms with Crippen molar-refractivity contribution in [2.75, 3.05) is 34.0 Å². The molecule has 0 bridgehead atoms. The standard InChI is InChI=1S/C32H48N2O5.ClH/c1-23(2)25(19-24-13-14-29(38-4)30(20-24)39-18-10-17-37-3)21-27(33)28(35)22-34-31(36)32(15-8-9-16-32)26-11-6-5-7-12-26;/h5-7,11-14,20,23,25,27-28,35H,8-10,15-19,21-22,33H2,1-4H3,(H,34,36);1H/t25-,27-,28-;/m0./s1. The Morgan fingerprint density at radius 1 is 1.05 bits per heavy atom. The van der Waals surface area contributed by atoms with E-state index in [0.717, 1.165) is 55.4 Å². The number of nitrogens with one attached hydrogen (secondary N) is 1. The van der Waals surface area contributed by atoms with Crippen molar-refractivity contribution in [2.45, 2.75) is 76.4 Å². The summed E-state index contributed by atoms with van der Waals surface area (Å²) >= 11 is 0. The molecule has 1 saturated carbocycles. The van der Waals surface area contributed by atoms with Crippen LogP contribution in [-0.2, 0) is 21.4 Å². The van der Waals surface area contributed by atoms with Gasteiger partial charge < -0.3 is 30.4 Å². The number of hydrogen-bond donors (Lipinski definition) is 3. The Labute approximate surface area is 246 Å². The third-order valence-electron chi connectivity index (χ3n) is 8.18. The number of methoxy groups -OCH3 is 2. The van der Waals surface area contributed by atoms with E-state index < -0.39 is 17.6 Å². The van der Waals surface area contributed by atoms with Crippen molar-refractivity contribution >= 4 is 18.3 Å². The molecule has 0 saturated heterocycles. The number of halogens is 1. The molecule has 0 aromatic heterocycles. The van der Waals surface area contributed by atoms with Gasteiger partial charge in [-0.15, -0.1) is 12.4 Å². The summed E-state index contributed by atoms with van der Waals surface area (Å²) in [6.45, 7) is 5.71. The molecule has 224 valence electrons. The van der Waals surface area contributed by atoms with Gasteiger partial charge in [0.2, 0.25) is 5.91 Å². The molecule has 7 nitrogen and oxygen atoms in total. The molecule has 3 rings (SSSR count). The average Bonchev–Trinajstić information content (AvgIpc) is 3.45. The van der Waals surface area contributed by atoms with Crippen LogP contribution in [0.5, 0.6) is 11.5 Å². The monoisotopic (exact) mass is 576 g/mol. The maximum absolute atomic E-state index is 13.4. The molecular weight excluding hydrogens is 528 g/mol. The molecule has 2 aromatic carbocycles. The maximum Gasteiger partial charge on any atom is 0.230 e. The van der Waals surface area contributed by atoms with Gasteiger partial charge in [-0.3, -0.25) is 4.79 Å². The van der Waals surface area contributed by atoms with E-state index in [1.54, 1.807) is 14.2 Å². The van der Waals surface area contributed by atoms with Crippen LogP contribution in [0.1, 0.15) is 63.5 Å².